The summed E-state index contributed by atoms with van der Waals surface area (Å²) in [7, 11) is 0. The molecule has 0 amide bonds. The maximum Gasteiger partial charge on any atom is 0.103 e. The van der Waals surface area contributed by atoms with Gasteiger partial charge in [-0.2, -0.15) is 5.26 Å². The summed E-state index contributed by atoms with van der Waals surface area (Å²) in [4.78, 5) is 0. The van der Waals surface area contributed by atoms with E-state index in [-0.39, 0.29) is 5.41 Å². The van der Waals surface area contributed by atoms with E-state index in [1.165, 1.54) is 5.56 Å². The molecule has 3 heteroatoms. The molecule has 0 aliphatic rings. The van der Waals surface area contributed by atoms with Crippen molar-refractivity contribution in [2.45, 2.75) is 19.3 Å². The number of rotatable bonds is 4. The second-order valence-electron chi connectivity index (χ2n) is 5.38. The molecule has 0 radical (unpaired) electrons. The smallest absolute Gasteiger partial charge is 0.103 e. The van der Waals surface area contributed by atoms with Crippen molar-refractivity contribution in [1.82, 2.24) is 0 Å². The van der Waals surface area contributed by atoms with Crippen LogP contribution in [0.15, 0.2) is 53.0 Å². The lowest BCUT2D eigenvalue weighted by atomic mass is 9.84. The number of nitrogens with one attached hydrogen (secondary N) is 1. The first kappa shape index (κ1) is 14.6. The third kappa shape index (κ3) is 3.20. The molecule has 2 aromatic rings. The Morgan fingerprint density at radius 2 is 1.80 bits per heavy atom. The zero-order valence-electron chi connectivity index (χ0n) is 11.7. The minimum Gasteiger partial charge on any atom is -0.383 e. The fourth-order valence-corrected chi connectivity index (χ4v) is 2.55. The largest absolute Gasteiger partial charge is 0.383 e. The number of hydrogen-bond acceptors (Lipinski definition) is 2. The molecule has 20 heavy (non-hydrogen) atoms. The van der Waals surface area contributed by atoms with Crippen LogP contribution in [0.3, 0.4) is 0 Å². The van der Waals surface area contributed by atoms with Crippen molar-refractivity contribution < 1.29 is 0 Å². The summed E-state index contributed by atoms with van der Waals surface area (Å²) >= 11 is 3.41. The lowest BCUT2D eigenvalue weighted by molar-refractivity contribution is 0.557. The van der Waals surface area contributed by atoms with Crippen molar-refractivity contribution in [2.24, 2.45) is 0 Å². The Morgan fingerprint density at radius 3 is 2.45 bits per heavy atom. The normalized spacial score (nSPS) is 10.9. The number of nitriles is 1. The fourth-order valence-electron chi connectivity index (χ4n) is 2.09. The van der Waals surface area contributed by atoms with E-state index in [9.17, 15) is 5.26 Å². The van der Waals surface area contributed by atoms with E-state index in [4.69, 9.17) is 0 Å². The van der Waals surface area contributed by atoms with Crippen molar-refractivity contribution in [3.8, 4) is 6.07 Å². The average Bonchev–Trinajstić information content (AvgIpc) is 2.46. The van der Waals surface area contributed by atoms with Crippen LogP contribution in [0.25, 0.3) is 0 Å². The Hall–Kier alpha value is -1.79. The Kier molecular flexibility index (Phi) is 4.46. The van der Waals surface area contributed by atoms with Crippen LogP contribution in [0.4, 0.5) is 5.69 Å². The van der Waals surface area contributed by atoms with Crippen molar-refractivity contribution in [3.63, 3.8) is 0 Å². The molecule has 0 saturated heterocycles. The molecule has 102 valence electrons. The molecule has 0 unspecified atom stereocenters. The van der Waals surface area contributed by atoms with Gasteiger partial charge in [0.15, 0.2) is 0 Å². The quantitative estimate of drug-likeness (QED) is 0.882. The zero-order valence-corrected chi connectivity index (χ0v) is 13.2. The first-order valence-electron chi connectivity index (χ1n) is 6.52. The molecular weight excluding hydrogens is 312 g/mol. The van der Waals surface area contributed by atoms with Crippen LogP contribution >= 0.6 is 15.9 Å². The third-order valence-corrected chi connectivity index (χ3v) is 4.06. The fraction of sp³-hybridized carbons (Fsp3) is 0.235. The lowest BCUT2D eigenvalue weighted by Gasteiger charge is -2.26. The second-order valence-corrected chi connectivity index (χ2v) is 6.23. The molecule has 1 N–H and O–H groups in total. The summed E-state index contributed by atoms with van der Waals surface area (Å²) in [6, 6.07) is 18.4. The Labute approximate surface area is 128 Å². The highest BCUT2D eigenvalue weighted by molar-refractivity contribution is 9.10. The summed E-state index contributed by atoms with van der Waals surface area (Å²) in [6.07, 6.45) is 0. The standard InChI is InChI=1S/C17H17BrN2/c1-17(2,13-7-4-3-5-8-13)12-20-16-10-6-9-15(18)14(16)11-19/h3-10,20H,12H2,1-2H3. The lowest BCUT2D eigenvalue weighted by Crippen LogP contribution is -2.27. The minimum absolute atomic E-state index is 0.00367. The molecule has 0 saturated carbocycles. The van der Waals surface area contributed by atoms with Gasteiger partial charge >= 0.3 is 0 Å². The Morgan fingerprint density at radius 1 is 1.10 bits per heavy atom. The van der Waals surface area contributed by atoms with Crippen molar-refractivity contribution >= 4 is 21.6 Å². The summed E-state index contributed by atoms with van der Waals surface area (Å²) in [6.45, 7) is 5.15. The topological polar surface area (TPSA) is 35.8 Å². The van der Waals surface area contributed by atoms with Gasteiger partial charge in [0.05, 0.1) is 11.3 Å². The molecule has 2 nitrogen and oxygen atoms in total. The van der Waals surface area contributed by atoms with Gasteiger partial charge in [-0.15, -0.1) is 0 Å². The van der Waals surface area contributed by atoms with Gasteiger partial charge in [-0.1, -0.05) is 50.2 Å². The van der Waals surface area contributed by atoms with Crippen molar-refractivity contribution in [1.29, 1.82) is 5.26 Å². The van der Waals surface area contributed by atoms with E-state index >= 15 is 0 Å². The van der Waals surface area contributed by atoms with Gasteiger partial charge in [0.1, 0.15) is 6.07 Å². The number of nitrogens with zero attached hydrogens (tertiary/aromatic N) is 1. The summed E-state index contributed by atoms with van der Waals surface area (Å²) in [5.74, 6) is 0. The highest BCUT2D eigenvalue weighted by Gasteiger charge is 2.20. The van der Waals surface area contributed by atoms with Gasteiger partial charge in [-0.05, 0) is 33.6 Å². The molecule has 2 aromatic carbocycles. The number of hydrogen-bond donors (Lipinski definition) is 1. The summed E-state index contributed by atoms with van der Waals surface area (Å²) in [5.41, 5.74) is 2.79. The average molecular weight is 329 g/mol. The predicted octanol–water partition coefficient (Wildman–Crippen LogP) is 4.71. The Bertz CT molecular complexity index is 627. The van der Waals surface area contributed by atoms with Gasteiger partial charge in [-0.25, -0.2) is 0 Å². The van der Waals surface area contributed by atoms with E-state index in [0.29, 0.717) is 5.56 Å². The molecule has 2 rings (SSSR count). The summed E-state index contributed by atoms with van der Waals surface area (Å²) in [5, 5.41) is 12.6. The first-order chi connectivity index (χ1) is 9.54. The maximum atomic E-state index is 9.23. The van der Waals surface area contributed by atoms with Gasteiger partial charge < -0.3 is 5.32 Å². The molecule has 0 aliphatic carbocycles. The van der Waals surface area contributed by atoms with Crippen LogP contribution in [0.1, 0.15) is 25.0 Å². The predicted molar refractivity (Wildman–Crippen MR) is 86.8 cm³/mol. The van der Waals surface area contributed by atoms with Crippen LogP contribution in [0.2, 0.25) is 0 Å². The molecule has 0 atom stereocenters. The van der Waals surface area contributed by atoms with E-state index in [1.807, 2.05) is 24.3 Å². The van der Waals surface area contributed by atoms with Crippen LogP contribution < -0.4 is 5.32 Å². The van der Waals surface area contributed by atoms with Gasteiger partial charge in [0.25, 0.3) is 0 Å². The molecule has 0 bridgehead atoms. The highest BCUT2D eigenvalue weighted by atomic mass is 79.9. The van der Waals surface area contributed by atoms with Crippen LogP contribution in [-0.4, -0.2) is 6.54 Å². The molecule has 0 aromatic heterocycles. The SMILES string of the molecule is CC(C)(CNc1cccc(Br)c1C#N)c1ccccc1. The van der Waals surface area contributed by atoms with E-state index in [1.54, 1.807) is 0 Å². The highest BCUT2D eigenvalue weighted by Crippen LogP contribution is 2.27. The first-order valence-corrected chi connectivity index (χ1v) is 7.32. The molecule has 0 aliphatic heterocycles. The Balaban J connectivity index is 2.17. The van der Waals surface area contributed by atoms with Crippen LogP contribution in [0, 0.1) is 11.3 Å². The van der Waals surface area contributed by atoms with Gasteiger partial charge in [-0.3, -0.25) is 0 Å². The molecule has 0 heterocycles. The van der Waals surface area contributed by atoms with Crippen LogP contribution in [0.5, 0.6) is 0 Å². The van der Waals surface area contributed by atoms with E-state index < -0.39 is 0 Å². The van der Waals surface area contributed by atoms with E-state index in [0.717, 1.165) is 16.7 Å². The zero-order chi connectivity index (χ0) is 14.6. The molecule has 0 spiro atoms. The third-order valence-electron chi connectivity index (χ3n) is 3.40. The maximum absolute atomic E-state index is 9.23. The number of benzene rings is 2. The number of halogens is 1. The molecular formula is C17H17BrN2. The minimum atomic E-state index is -0.00367. The second kappa shape index (κ2) is 6.11. The van der Waals surface area contributed by atoms with Gasteiger partial charge in [0.2, 0.25) is 0 Å². The number of anilines is 1. The summed E-state index contributed by atoms with van der Waals surface area (Å²) < 4.78 is 0.822. The van der Waals surface area contributed by atoms with E-state index in [2.05, 4.69) is 65.4 Å². The van der Waals surface area contributed by atoms with Crippen LogP contribution in [-0.2, 0) is 5.41 Å². The van der Waals surface area contributed by atoms with Crippen molar-refractivity contribution in [2.75, 3.05) is 11.9 Å². The molecule has 0 fully saturated rings. The van der Waals surface area contributed by atoms with Gasteiger partial charge in [0, 0.05) is 16.4 Å². The van der Waals surface area contributed by atoms with Crippen molar-refractivity contribution in [3.05, 3.63) is 64.1 Å². The monoisotopic (exact) mass is 328 g/mol.